The van der Waals surface area contributed by atoms with E-state index in [4.69, 9.17) is 15.2 Å². The topological polar surface area (TPSA) is 101 Å². The molecule has 0 amide bonds. The molecule has 31 heavy (non-hydrogen) atoms. The van der Waals surface area contributed by atoms with Gasteiger partial charge in [-0.2, -0.15) is 5.26 Å². The monoisotopic (exact) mass is 415 g/mol. The number of nitrogens with zero attached hydrogens (tertiary/aromatic N) is 2. The van der Waals surface area contributed by atoms with E-state index in [2.05, 4.69) is 11.1 Å². The van der Waals surface area contributed by atoms with Crippen LogP contribution in [-0.2, 0) is 0 Å². The largest absolute Gasteiger partial charge is 0.507 e. The summed E-state index contributed by atoms with van der Waals surface area (Å²) in [5, 5.41) is 20.2. The summed E-state index contributed by atoms with van der Waals surface area (Å²) in [6, 6.07) is 18.3. The summed E-state index contributed by atoms with van der Waals surface area (Å²) < 4.78 is 24.8. The Kier molecular flexibility index (Phi) is 5.29. The minimum Gasteiger partial charge on any atom is -0.507 e. The number of nitrogens with two attached hydrogens (primary N) is 1. The van der Waals surface area contributed by atoms with E-state index >= 15 is 0 Å². The minimum absolute atomic E-state index is 0.0800. The summed E-state index contributed by atoms with van der Waals surface area (Å²) in [4.78, 5) is 4.41. The molecule has 7 heteroatoms. The second-order valence-corrected chi connectivity index (χ2v) is 6.86. The number of phenolic OH excluding ortho intramolecular Hbond substituents is 1. The number of nitriles is 1. The van der Waals surface area contributed by atoms with Gasteiger partial charge in [0.05, 0.1) is 13.0 Å². The minimum atomic E-state index is -0.650. The third kappa shape index (κ3) is 3.79. The second-order valence-electron chi connectivity index (χ2n) is 6.86. The van der Waals surface area contributed by atoms with Gasteiger partial charge < -0.3 is 20.3 Å². The van der Waals surface area contributed by atoms with Crippen LogP contribution in [-0.4, -0.2) is 18.4 Å². The fourth-order valence-corrected chi connectivity index (χ4v) is 3.52. The highest BCUT2D eigenvalue weighted by Crippen LogP contribution is 2.44. The smallest absolute Gasteiger partial charge is 0.205 e. The number of para-hydroxylation sites is 2. The van der Waals surface area contributed by atoms with Crippen LogP contribution < -0.4 is 15.2 Å². The first-order chi connectivity index (χ1) is 15.0. The summed E-state index contributed by atoms with van der Waals surface area (Å²) in [5.41, 5.74) is 8.20. The Balaban J connectivity index is 1.83. The van der Waals surface area contributed by atoms with E-state index in [0.717, 1.165) is 0 Å². The molecule has 0 radical (unpaired) electrons. The van der Waals surface area contributed by atoms with Crippen LogP contribution in [0.4, 0.5) is 10.1 Å². The summed E-state index contributed by atoms with van der Waals surface area (Å²) in [6.07, 6.45) is 1.49. The Morgan fingerprint density at radius 3 is 2.74 bits per heavy atom. The molecule has 1 aliphatic heterocycles. The SMILES string of the molecule is COc1ccccc1N=Cc1cc2c(cc1O)OC(N)=C(C#N)[C@H]2c1cccc(F)c1. The van der Waals surface area contributed by atoms with Gasteiger partial charge in [-0.1, -0.05) is 24.3 Å². The number of benzene rings is 3. The highest BCUT2D eigenvalue weighted by atomic mass is 19.1. The van der Waals surface area contributed by atoms with Crippen molar-refractivity contribution in [3.63, 3.8) is 0 Å². The van der Waals surface area contributed by atoms with Crippen LogP contribution in [0.3, 0.4) is 0 Å². The highest BCUT2D eigenvalue weighted by molar-refractivity contribution is 5.87. The van der Waals surface area contributed by atoms with Gasteiger partial charge in [-0.05, 0) is 35.9 Å². The van der Waals surface area contributed by atoms with Crippen molar-refractivity contribution in [2.24, 2.45) is 10.7 Å². The maximum atomic E-state index is 13.9. The lowest BCUT2D eigenvalue weighted by atomic mass is 9.83. The van der Waals surface area contributed by atoms with E-state index < -0.39 is 11.7 Å². The molecule has 3 aromatic carbocycles. The first-order valence-corrected chi connectivity index (χ1v) is 9.39. The molecule has 0 aromatic heterocycles. The van der Waals surface area contributed by atoms with Crippen LogP contribution in [0.1, 0.15) is 22.6 Å². The predicted molar refractivity (Wildman–Crippen MR) is 114 cm³/mol. The molecule has 0 saturated carbocycles. The molecule has 0 saturated heterocycles. The average molecular weight is 415 g/mol. The van der Waals surface area contributed by atoms with E-state index in [-0.39, 0.29) is 23.0 Å². The van der Waals surface area contributed by atoms with E-state index in [1.807, 2.05) is 12.1 Å². The number of fused-ring (bicyclic) bond motifs is 1. The van der Waals surface area contributed by atoms with Gasteiger partial charge in [0.25, 0.3) is 0 Å². The molecule has 4 rings (SSSR count). The average Bonchev–Trinajstić information content (AvgIpc) is 2.77. The van der Waals surface area contributed by atoms with Crippen molar-refractivity contribution in [1.29, 1.82) is 5.26 Å². The second kappa shape index (κ2) is 8.20. The van der Waals surface area contributed by atoms with Crippen molar-refractivity contribution in [2.45, 2.75) is 5.92 Å². The number of halogens is 1. The van der Waals surface area contributed by atoms with E-state index in [1.165, 1.54) is 24.4 Å². The predicted octanol–water partition coefficient (Wildman–Crippen LogP) is 4.51. The Morgan fingerprint density at radius 2 is 2.00 bits per heavy atom. The molecule has 3 aromatic rings. The zero-order chi connectivity index (χ0) is 22.0. The van der Waals surface area contributed by atoms with Gasteiger partial charge in [0.2, 0.25) is 5.88 Å². The Bertz CT molecular complexity index is 1260. The van der Waals surface area contributed by atoms with E-state index in [0.29, 0.717) is 28.1 Å². The van der Waals surface area contributed by atoms with Crippen LogP contribution in [0, 0.1) is 17.1 Å². The number of hydrogen-bond donors (Lipinski definition) is 2. The van der Waals surface area contributed by atoms with E-state index in [1.54, 1.807) is 37.4 Å². The van der Waals surface area contributed by atoms with Crippen molar-refractivity contribution >= 4 is 11.9 Å². The van der Waals surface area contributed by atoms with Crippen LogP contribution in [0.15, 0.2) is 77.1 Å². The Hall–Kier alpha value is -4.31. The molecule has 1 heterocycles. The van der Waals surface area contributed by atoms with Gasteiger partial charge in [-0.3, -0.25) is 4.99 Å². The molecule has 0 bridgehead atoms. The zero-order valence-corrected chi connectivity index (χ0v) is 16.5. The van der Waals surface area contributed by atoms with Crippen molar-refractivity contribution < 1.29 is 19.0 Å². The number of methoxy groups -OCH3 is 1. The quantitative estimate of drug-likeness (QED) is 0.611. The van der Waals surface area contributed by atoms with Gasteiger partial charge in [0, 0.05) is 23.4 Å². The van der Waals surface area contributed by atoms with E-state index in [9.17, 15) is 14.8 Å². The van der Waals surface area contributed by atoms with Crippen LogP contribution in [0.5, 0.6) is 17.2 Å². The number of phenols is 1. The number of aliphatic imine (C=N–C) groups is 1. The Labute approximate surface area is 178 Å². The van der Waals surface area contributed by atoms with Gasteiger partial charge >= 0.3 is 0 Å². The molecule has 6 nitrogen and oxygen atoms in total. The standard InChI is InChI=1S/C24H18FN3O3/c1-30-21-8-3-2-7-19(21)28-13-15-10-17-22(11-20(15)29)31-24(27)18(12-26)23(17)14-5-4-6-16(25)9-14/h2-11,13,23,29H,27H2,1H3/t23-/m0/s1. The molecule has 1 atom stereocenters. The maximum Gasteiger partial charge on any atom is 0.205 e. The van der Waals surface area contributed by atoms with Crippen molar-refractivity contribution in [3.8, 4) is 23.3 Å². The maximum absolute atomic E-state index is 13.9. The summed E-state index contributed by atoms with van der Waals surface area (Å²) in [6.45, 7) is 0. The fraction of sp³-hybridized carbons (Fsp3) is 0.0833. The van der Waals surface area contributed by atoms with Gasteiger partial charge in [0.1, 0.15) is 40.4 Å². The van der Waals surface area contributed by atoms with Crippen molar-refractivity contribution in [1.82, 2.24) is 0 Å². The Morgan fingerprint density at radius 1 is 1.19 bits per heavy atom. The molecule has 1 aliphatic rings. The van der Waals surface area contributed by atoms with Crippen LogP contribution in [0.2, 0.25) is 0 Å². The summed E-state index contributed by atoms with van der Waals surface area (Å²) in [5.74, 6) is -0.373. The molecule has 154 valence electrons. The van der Waals surface area contributed by atoms with Crippen molar-refractivity contribution in [2.75, 3.05) is 7.11 Å². The lowest BCUT2D eigenvalue weighted by Crippen LogP contribution is -2.21. The molecular weight excluding hydrogens is 397 g/mol. The fourth-order valence-electron chi connectivity index (χ4n) is 3.52. The summed E-state index contributed by atoms with van der Waals surface area (Å²) in [7, 11) is 1.55. The normalized spacial score (nSPS) is 15.3. The zero-order valence-electron chi connectivity index (χ0n) is 16.5. The summed E-state index contributed by atoms with van der Waals surface area (Å²) >= 11 is 0. The lowest BCUT2D eigenvalue weighted by molar-refractivity contribution is 0.388. The third-order valence-electron chi connectivity index (χ3n) is 4.97. The number of rotatable bonds is 4. The van der Waals surface area contributed by atoms with Crippen molar-refractivity contribution in [3.05, 3.63) is 94.6 Å². The molecular formula is C24H18FN3O3. The lowest BCUT2D eigenvalue weighted by Gasteiger charge is -2.27. The number of aromatic hydroxyl groups is 1. The van der Waals surface area contributed by atoms with Gasteiger partial charge in [0.15, 0.2) is 0 Å². The van der Waals surface area contributed by atoms with Gasteiger partial charge in [-0.25, -0.2) is 4.39 Å². The van der Waals surface area contributed by atoms with Crippen LogP contribution in [0.25, 0.3) is 0 Å². The number of ether oxygens (including phenoxy) is 2. The third-order valence-corrected chi connectivity index (χ3v) is 4.97. The molecule has 0 fully saturated rings. The molecule has 0 unspecified atom stereocenters. The molecule has 0 aliphatic carbocycles. The highest BCUT2D eigenvalue weighted by Gasteiger charge is 2.31. The first-order valence-electron chi connectivity index (χ1n) is 9.39. The van der Waals surface area contributed by atoms with Crippen LogP contribution >= 0.6 is 0 Å². The number of allylic oxidation sites excluding steroid dienone is 1. The molecule has 3 N–H and O–H groups in total. The molecule has 0 spiro atoms. The van der Waals surface area contributed by atoms with Gasteiger partial charge in [-0.15, -0.1) is 0 Å². The first kappa shape index (κ1) is 20.0. The number of hydrogen-bond acceptors (Lipinski definition) is 6.